The van der Waals surface area contributed by atoms with E-state index in [9.17, 15) is 0 Å². The second kappa shape index (κ2) is 5.82. The van der Waals surface area contributed by atoms with Crippen molar-refractivity contribution in [1.29, 1.82) is 0 Å². The van der Waals surface area contributed by atoms with Crippen LogP contribution >= 0.6 is 11.8 Å². The molecule has 2 N–H and O–H groups in total. The van der Waals surface area contributed by atoms with Crippen LogP contribution in [0.5, 0.6) is 0 Å². The van der Waals surface area contributed by atoms with E-state index in [1.54, 1.807) is 11.8 Å². The van der Waals surface area contributed by atoms with E-state index in [-0.39, 0.29) is 0 Å². The fourth-order valence-corrected chi connectivity index (χ4v) is 3.83. The zero-order valence-electron chi connectivity index (χ0n) is 12.8. The number of rotatable bonds is 2. The number of aromatic amines is 1. The second-order valence-corrected chi connectivity index (χ2v) is 6.67. The van der Waals surface area contributed by atoms with Crippen LogP contribution in [0.2, 0.25) is 0 Å². The van der Waals surface area contributed by atoms with Gasteiger partial charge in [0.2, 0.25) is 0 Å². The quantitative estimate of drug-likeness (QED) is 0.693. The number of fused-ring (bicyclic) bond motifs is 3. The van der Waals surface area contributed by atoms with Gasteiger partial charge in [0.05, 0.1) is 0 Å². The minimum absolute atomic E-state index is 1.07. The predicted octanol–water partition coefficient (Wildman–Crippen LogP) is 4.25. The third kappa shape index (κ3) is 2.34. The van der Waals surface area contributed by atoms with E-state index in [1.807, 2.05) is 0 Å². The van der Waals surface area contributed by atoms with Gasteiger partial charge in [0.15, 0.2) is 0 Å². The first-order valence-corrected chi connectivity index (χ1v) is 9.07. The van der Waals surface area contributed by atoms with Crippen molar-refractivity contribution in [3.05, 3.63) is 53.7 Å². The summed E-state index contributed by atoms with van der Waals surface area (Å²) in [6, 6.07) is 15.5. The van der Waals surface area contributed by atoms with E-state index in [1.165, 1.54) is 38.2 Å². The normalized spacial score (nSPS) is 14.8. The number of aromatic nitrogens is 1. The Morgan fingerprint density at radius 3 is 2.59 bits per heavy atom. The molecule has 2 aromatic carbocycles. The monoisotopic (exact) mass is 308 g/mol. The van der Waals surface area contributed by atoms with Crippen LogP contribution in [0.1, 0.15) is 11.3 Å². The minimum Gasteiger partial charge on any atom is -0.358 e. The van der Waals surface area contributed by atoms with E-state index in [4.69, 9.17) is 0 Å². The van der Waals surface area contributed by atoms with Crippen LogP contribution in [0, 0.1) is 0 Å². The van der Waals surface area contributed by atoms with Gasteiger partial charge < -0.3 is 10.3 Å². The Balaban J connectivity index is 1.91. The van der Waals surface area contributed by atoms with Crippen molar-refractivity contribution in [2.75, 3.05) is 19.3 Å². The lowest BCUT2D eigenvalue weighted by Crippen LogP contribution is -2.16. The van der Waals surface area contributed by atoms with Crippen LogP contribution in [0.3, 0.4) is 0 Å². The Kier molecular flexibility index (Phi) is 3.68. The number of hydrogen-bond acceptors (Lipinski definition) is 2. The zero-order valence-corrected chi connectivity index (χ0v) is 13.6. The molecule has 1 aliphatic rings. The minimum atomic E-state index is 1.07. The molecule has 0 saturated heterocycles. The van der Waals surface area contributed by atoms with Crippen molar-refractivity contribution in [2.24, 2.45) is 0 Å². The van der Waals surface area contributed by atoms with Gasteiger partial charge in [-0.25, -0.2) is 0 Å². The number of nitrogens with one attached hydrogen (secondary N) is 2. The molecule has 4 rings (SSSR count). The van der Waals surface area contributed by atoms with Crippen molar-refractivity contribution < 1.29 is 0 Å². The maximum atomic E-state index is 3.64. The summed E-state index contributed by atoms with van der Waals surface area (Å²) in [6.07, 6.45) is 4.32. The summed E-state index contributed by atoms with van der Waals surface area (Å²) in [6.45, 7) is 2.14. The number of H-pyrrole nitrogens is 1. The van der Waals surface area contributed by atoms with Crippen LogP contribution in [0.4, 0.5) is 0 Å². The lowest BCUT2D eigenvalue weighted by atomic mass is 9.97. The topological polar surface area (TPSA) is 27.8 Å². The molecule has 0 atom stereocenters. The molecule has 0 saturated carbocycles. The summed E-state index contributed by atoms with van der Waals surface area (Å²) in [5, 5.41) is 4.91. The van der Waals surface area contributed by atoms with Gasteiger partial charge in [0, 0.05) is 34.5 Å². The highest BCUT2D eigenvalue weighted by Crippen LogP contribution is 2.34. The SMILES string of the molecule is CSc1ccc(-c2cccc3[nH]c4c(c23)CCNCC4)cc1. The molecule has 3 aromatic rings. The molecule has 0 fully saturated rings. The lowest BCUT2D eigenvalue weighted by Gasteiger charge is -2.07. The molecule has 0 amide bonds. The van der Waals surface area contributed by atoms with Crippen LogP contribution in [0.25, 0.3) is 22.0 Å². The fourth-order valence-electron chi connectivity index (χ4n) is 3.42. The van der Waals surface area contributed by atoms with E-state index in [0.29, 0.717) is 0 Å². The average Bonchev–Trinajstić information content (AvgIpc) is 2.76. The van der Waals surface area contributed by atoms with Gasteiger partial charge in [0.1, 0.15) is 0 Å². The highest BCUT2D eigenvalue weighted by molar-refractivity contribution is 7.98. The molecule has 2 heterocycles. The largest absolute Gasteiger partial charge is 0.358 e. The fraction of sp³-hybridized carbons (Fsp3) is 0.263. The summed E-state index contributed by atoms with van der Waals surface area (Å²) in [7, 11) is 0. The predicted molar refractivity (Wildman–Crippen MR) is 95.8 cm³/mol. The molecule has 0 spiro atoms. The second-order valence-electron chi connectivity index (χ2n) is 5.79. The van der Waals surface area contributed by atoms with Gasteiger partial charge in [-0.3, -0.25) is 0 Å². The number of hydrogen-bond donors (Lipinski definition) is 2. The summed E-state index contributed by atoms with van der Waals surface area (Å²) in [4.78, 5) is 4.96. The summed E-state index contributed by atoms with van der Waals surface area (Å²) >= 11 is 1.79. The molecule has 0 radical (unpaired) electrons. The summed E-state index contributed by atoms with van der Waals surface area (Å²) < 4.78 is 0. The van der Waals surface area contributed by atoms with Gasteiger partial charge in [-0.05, 0) is 54.1 Å². The maximum absolute atomic E-state index is 3.64. The molecule has 22 heavy (non-hydrogen) atoms. The Bertz CT molecular complexity index is 802. The smallest absolute Gasteiger partial charge is 0.0465 e. The van der Waals surface area contributed by atoms with E-state index < -0.39 is 0 Å². The van der Waals surface area contributed by atoms with Gasteiger partial charge in [-0.15, -0.1) is 11.8 Å². The third-order valence-corrected chi connectivity index (χ3v) is 5.26. The Morgan fingerprint density at radius 1 is 0.955 bits per heavy atom. The van der Waals surface area contributed by atoms with Crippen molar-refractivity contribution in [2.45, 2.75) is 17.7 Å². The van der Waals surface area contributed by atoms with Gasteiger partial charge in [-0.2, -0.15) is 0 Å². The molecule has 1 aromatic heterocycles. The van der Waals surface area contributed by atoms with Crippen molar-refractivity contribution in [3.63, 3.8) is 0 Å². The molecular formula is C19H20N2S. The van der Waals surface area contributed by atoms with E-state index >= 15 is 0 Å². The molecule has 2 nitrogen and oxygen atoms in total. The molecular weight excluding hydrogens is 288 g/mol. The Labute approximate surface area is 135 Å². The summed E-state index contributed by atoms with van der Waals surface area (Å²) in [5.74, 6) is 0. The van der Waals surface area contributed by atoms with Gasteiger partial charge in [-0.1, -0.05) is 24.3 Å². The number of thioether (sulfide) groups is 1. The average molecular weight is 308 g/mol. The standard InChI is InChI=1S/C19H20N2S/c1-22-14-7-5-13(6-8-14)15-3-2-4-18-19(15)16-9-11-20-12-10-17(16)21-18/h2-8,20-21H,9-12H2,1H3. The lowest BCUT2D eigenvalue weighted by molar-refractivity contribution is 0.708. The highest BCUT2D eigenvalue weighted by atomic mass is 32.2. The van der Waals surface area contributed by atoms with Gasteiger partial charge >= 0.3 is 0 Å². The van der Waals surface area contributed by atoms with Crippen LogP contribution < -0.4 is 5.32 Å². The Hall–Kier alpha value is -1.71. The first kappa shape index (κ1) is 13.9. The first-order chi connectivity index (χ1) is 10.9. The Morgan fingerprint density at radius 2 is 1.77 bits per heavy atom. The molecule has 0 aliphatic carbocycles. The molecule has 1 aliphatic heterocycles. The highest BCUT2D eigenvalue weighted by Gasteiger charge is 2.16. The molecule has 0 bridgehead atoms. The number of benzene rings is 2. The third-order valence-electron chi connectivity index (χ3n) is 4.52. The van der Waals surface area contributed by atoms with E-state index in [0.717, 1.165) is 25.9 Å². The van der Waals surface area contributed by atoms with E-state index in [2.05, 4.69) is 59.0 Å². The molecule has 112 valence electrons. The summed E-state index contributed by atoms with van der Waals surface area (Å²) in [5.41, 5.74) is 6.85. The van der Waals surface area contributed by atoms with Crippen molar-refractivity contribution in [1.82, 2.24) is 10.3 Å². The first-order valence-electron chi connectivity index (χ1n) is 7.84. The molecule has 3 heteroatoms. The molecule has 0 unspecified atom stereocenters. The van der Waals surface area contributed by atoms with Crippen LogP contribution in [-0.4, -0.2) is 24.3 Å². The van der Waals surface area contributed by atoms with Crippen LogP contribution in [-0.2, 0) is 12.8 Å². The maximum Gasteiger partial charge on any atom is 0.0465 e. The zero-order chi connectivity index (χ0) is 14.9. The van der Waals surface area contributed by atoms with Gasteiger partial charge in [0.25, 0.3) is 0 Å². The van der Waals surface area contributed by atoms with Crippen LogP contribution in [0.15, 0.2) is 47.4 Å². The van der Waals surface area contributed by atoms with Crippen molar-refractivity contribution in [3.8, 4) is 11.1 Å². The van der Waals surface area contributed by atoms with Crippen molar-refractivity contribution >= 4 is 22.7 Å².